The summed E-state index contributed by atoms with van der Waals surface area (Å²) in [5.41, 5.74) is 0.862. The fraction of sp³-hybridized carbons (Fsp3) is 0.294. The second-order valence-electron chi connectivity index (χ2n) is 5.42. The highest BCUT2D eigenvalue weighted by Gasteiger charge is 2.34. The topological polar surface area (TPSA) is 86.7 Å². The maximum atomic E-state index is 12.5. The van der Waals surface area contributed by atoms with E-state index in [0.29, 0.717) is 17.1 Å². The predicted octanol–water partition coefficient (Wildman–Crippen LogP) is 2.21. The van der Waals surface area contributed by atoms with Crippen molar-refractivity contribution in [3.8, 4) is 0 Å². The van der Waals surface area contributed by atoms with Crippen molar-refractivity contribution in [2.24, 2.45) is 0 Å². The van der Waals surface area contributed by atoms with Crippen molar-refractivity contribution in [3.05, 3.63) is 40.8 Å². The summed E-state index contributed by atoms with van der Waals surface area (Å²) in [6.45, 7) is -0.292. The van der Waals surface area contributed by atoms with Crippen LogP contribution in [0.1, 0.15) is 12.0 Å². The highest BCUT2D eigenvalue weighted by atomic mass is 32.2. The summed E-state index contributed by atoms with van der Waals surface area (Å²) in [6.07, 6.45) is 3.89. The Hall–Kier alpha value is -1.84. The second-order valence-corrected chi connectivity index (χ2v) is 8.08. The van der Waals surface area contributed by atoms with Crippen molar-refractivity contribution < 1.29 is 19.5 Å². The lowest BCUT2D eigenvalue weighted by molar-refractivity contribution is -0.142. The Bertz CT molecular complexity index is 737. The average Bonchev–Trinajstić information content (AvgIpc) is 2.86. The first-order valence-corrected chi connectivity index (χ1v) is 10.4. The third-order valence-corrected chi connectivity index (χ3v) is 5.54. The molecule has 1 aromatic rings. The Morgan fingerprint density at radius 1 is 1.38 bits per heavy atom. The zero-order valence-corrected chi connectivity index (χ0v) is 16.5. The number of carbonyl (C=O) groups is 3. The molecule has 1 aliphatic heterocycles. The van der Waals surface area contributed by atoms with Gasteiger partial charge in [-0.1, -0.05) is 54.3 Å². The fourth-order valence-corrected chi connectivity index (χ4v) is 3.94. The van der Waals surface area contributed by atoms with Gasteiger partial charge in [-0.25, -0.2) is 4.79 Å². The number of hydrogen-bond acceptors (Lipinski definition) is 6. The van der Waals surface area contributed by atoms with Gasteiger partial charge in [0, 0.05) is 0 Å². The zero-order chi connectivity index (χ0) is 19.1. The second kappa shape index (κ2) is 9.75. The van der Waals surface area contributed by atoms with E-state index in [9.17, 15) is 19.5 Å². The van der Waals surface area contributed by atoms with Crippen LogP contribution < -0.4 is 5.32 Å². The number of hydrogen-bond donors (Lipinski definition) is 2. The van der Waals surface area contributed by atoms with Gasteiger partial charge in [-0.2, -0.15) is 11.8 Å². The van der Waals surface area contributed by atoms with Gasteiger partial charge in [0.2, 0.25) is 5.91 Å². The standard InChI is InChI=1S/C17H18N2O4S3/c1-25-8-7-12(16(22)23)18-14(20)10-19-15(21)13(26-17(19)24)9-11-5-3-2-4-6-11/h2-6,9,12H,7-8,10H2,1H3,(H,18,20)(H,22,23)/b13-9+. The molecule has 0 bridgehead atoms. The third kappa shape index (κ3) is 5.58. The number of rotatable bonds is 8. The molecular formula is C17H18N2O4S3. The summed E-state index contributed by atoms with van der Waals surface area (Å²) in [6, 6.07) is 8.35. The van der Waals surface area contributed by atoms with E-state index in [1.165, 1.54) is 16.7 Å². The number of nitrogens with zero attached hydrogens (tertiary/aromatic N) is 1. The van der Waals surface area contributed by atoms with Gasteiger partial charge in [0.15, 0.2) is 0 Å². The highest BCUT2D eigenvalue weighted by Crippen LogP contribution is 2.32. The van der Waals surface area contributed by atoms with E-state index >= 15 is 0 Å². The maximum Gasteiger partial charge on any atom is 0.326 e. The zero-order valence-electron chi connectivity index (χ0n) is 14.0. The summed E-state index contributed by atoms with van der Waals surface area (Å²) >= 11 is 7.82. The number of carboxylic acids is 1. The molecule has 0 aromatic heterocycles. The van der Waals surface area contributed by atoms with Crippen LogP contribution >= 0.6 is 35.7 Å². The fourth-order valence-electron chi connectivity index (χ4n) is 2.21. The SMILES string of the molecule is CSCCC(NC(=O)CN1C(=O)/C(=C\c2ccccc2)SC1=S)C(=O)O. The molecular weight excluding hydrogens is 392 g/mol. The first-order chi connectivity index (χ1) is 12.4. The van der Waals surface area contributed by atoms with E-state index in [-0.39, 0.29) is 16.8 Å². The van der Waals surface area contributed by atoms with Gasteiger partial charge >= 0.3 is 5.97 Å². The van der Waals surface area contributed by atoms with Gasteiger partial charge in [-0.3, -0.25) is 14.5 Å². The molecule has 2 amide bonds. The summed E-state index contributed by atoms with van der Waals surface area (Å²) < 4.78 is 0.281. The molecule has 1 unspecified atom stereocenters. The predicted molar refractivity (Wildman–Crippen MR) is 109 cm³/mol. The Labute approximate surface area is 165 Å². The molecule has 0 aliphatic carbocycles. The Kier molecular flexibility index (Phi) is 7.67. The maximum absolute atomic E-state index is 12.5. The van der Waals surface area contributed by atoms with Crippen LogP contribution in [0.3, 0.4) is 0 Å². The van der Waals surface area contributed by atoms with E-state index in [4.69, 9.17) is 12.2 Å². The van der Waals surface area contributed by atoms with Crippen LogP contribution in [0, 0.1) is 0 Å². The molecule has 26 heavy (non-hydrogen) atoms. The van der Waals surface area contributed by atoms with E-state index in [1.807, 2.05) is 36.6 Å². The Morgan fingerprint density at radius 2 is 2.08 bits per heavy atom. The van der Waals surface area contributed by atoms with Gasteiger partial charge in [0.05, 0.1) is 4.91 Å². The molecule has 2 N–H and O–H groups in total. The average molecular weight is 411 g/mol. The monoisotopic (exact) mass is 410 g/mol. The van der Waals surface area contributed by atoms with Crippen molar-refractivity contribution in [1.82, 2.24) is 10.2 Å². The summed E-state index contributed by atoms with van der Waals surface area (Å²) in [5.74, 6) is -1.38. The number of carbonyl (C=O) groups excluding carboxylic acids is 2. The molecule has 2 rings (SSSR count). The minimum atomic E-state index is -1.10. The number of thiocarbonyl (C=S) groups is 1. The highest BCUT2D eigenvalue weighted by molar-refractivity contribution is 8.26. The van der Waals surface area contributed by atoms with Crippen molar-refractivity contribution >= 4 is 63.9 Å². The van der Waals surface area contributed by atoms with Crippen LogP contribution in [-0.2, 0) is 14.4 Å². The Balaban J connectivity index is 2.01. The van der Waals surface area contributed by atoms with Crippen LogP contribution in [0.5, 0.6) is 0 Å². The van der Waals surface area contributed by atoms with Gasteiger partial charge in [0.1, 0.15) is 16.9 Å². The number of thioether (sulfide) groups is 2. The van der Waals surface area contributed by atoms with Crippen molar-refractivity contribution in [2.45, 2.75) is 12.5 Å². The lowest BCUT2D eigenvalue weighted by Gasteiger charge is -2.17. The molecule has 6 nitrogen and oxygen atoms in total. The lowest BCUT2D eigenvalue weighted by atomic mass is 10.2. The molecule has 0 saturated carbocycles. The van der Waals surface area contributed by atoms with Gasteiger partial charge < -0.3 is 10.4 Å². The largest absolute Gasteiger partial charge is 0.480 e. The number of benzene rings is 1. The van der Waals surface area contributed by atoms with Gasteiger partial charge in [0.25, 0.3) is 5.91 Å². The van der Waals surface area contributed by atoms with Crippen LogP contribution in [0.15, 0.2) is 35.2 Å². The normalized spacial score (nSPS) is 16.8. The van der Waals surface area contributed by atoms with Gasteiger partial charge in [-0.15, -0.1) is 0 Å². The quantitative estimate of drug-likeness (QED) is 0.502. The molecule has 1 fully saturated rings. The Morgan fingerprint density at radius 3 is 2.69 bits per heavy atom. The number of carboxylic acid groups (broad SMARTS) is 1. The van der Waals surface area contributed by atoms with Crippen molar-refractivity contribution in [2.75, 3.05) is 18.6 Å². The minimum absolute atomic E-state index is 0.281. The van der Waals surface area contributed by atoms with Crippen LogP contribution in [0.2, 0.25) is 0 Å². The van der Waals surface area contributed by atoms with Crippen molar-refractivity contribution in [1.29, 1.82) is 0 Å². The molecule has 1 aliphatic rings. The van der Waals surface area contributed by atoms with Crippen LogP contribution in [-0.4, -0.2) is 56.7 Å². The molecule has 1 atom stereocenters. The molecule has 138 valence electrons. The summed E-state index contributed by atoms with van der Waals surface area (Å²) in [5, 5.41) is 11.6. The van der Waals surface area contributed by atoms with E-state index < -0.39 is 17.9 Å². The third-order valence-electron chi connectivity index (χ3n) is 3.52. The van der Waals surface area contributed by atoms with Crippen molar-refractivity contribution in [3.63, 3.8) is 0 Å². The van der Waals surface area contributed by atoms with Gasteiger partial charge in [-0.05, 0) is 30.1 Å². The van der Waals surface area contributed by atoms with Crippen LogP contribution in [0.4, 0.5) is 0 Å². The van der Waals surface area contributed by atoms with Crippen LogP contribution in [0.25, 0.3) is 6.08 Å². The molecule has 0 spiro atoms. The van der Waals surface area contributed by atoms with E-state index in [2.05, 4.69) is 5.32 Å². The molecule has 1 aromatic carbocycles. The number of aliphatic carboxylic acids is 1. The lowest BCUT2D eigenvalue weighted by Crippen LogP contribution is -2.46. The smallest absolute Gasteiger partial charge is 0.326 e. The first-order valence-electron chi connectivity index (χ1n) is 7.74. The van der Waals surface area contributed by atoms with E-state index in [1.54, 1.807) is 6.08 Å². The summed E-state index contributed by atoms with van der Waals surface area (Å²) in [7, 11) is 0. The molecule has 1 saturated heterocycles. The summed E-state index contributed by atoms with van der Waals surface area (Å²) in [4.78, 5) is 37.5. The van der Waals surface area contributed by atoms with E-state index in [0.717, 1.165) is 17.3 Å². The molecule has 0 radical (unpaired) electrons. The minimum Gasteiger partial charge on any atom is -0.480 e. The molecule has 9 heteroatoms. The number of amides is 2. The molecule has 1 heterocycles. The first kappa shape index (κ1) is 20.5. The number of nitrogens with one attached hydrogen (secondary N) is 1.